The zero-order chi connectivity index (χ0) is 13.2. The molecule has 1 aromatic carbocycles. The molecule has 1 saturated heterocycles. The van der Waals surface area contributed by atoms with E-state index in [9.17, 15) is 9.18 Å². The van der Waals surface area contributed by atoms with Crippen LogP contribution in [0.15, 0.2) is 24.3 Å². The average molecular weight is 250 g/mol. The highest BCUT2D eigenvalue weighted by atomic mass is 19.1. The molecule has 1 fully saturated rings. The molecule has 1 aromatic rings. The Kier molecular flexibility index (Phi) is 3.66. The fraction of sp³-hybridized carbons (Fsp3) is 0.500. The number of rotatable bonds is 1. The van der Waals surface area contributed by atoms with Gasteiger partial charge in [0.1, 0.15) is 5.82 Å². The van der Waals surface area contributed by atoms with Crippen molar-refractivity contribution in [3.05, 3.63) is 35.6 Å². The van der Waals surface area contributed by atoms with Gasteiger partial charge in [0.2, 0.25) is 0 Å². The SMILES string of the molecule is CC1(C)CN(C(=O)c2cccc(F)c2)CCCN1. The van der Waals surface area contributed by atoms with Gasteiger partial charge in [0, 0.05) is 24.2 Å². The molecule has 1 amide bonds. The minimum absolute atomic E-state index is 0.0914. The summed E-state index contributed by atoms with van der Waals surface area (Å²) in [6, 6.07) is 5.89. The number of benzene rings is 1. The van der Waals surface area contributed by atoms with Gasteiger partial charge in [-0.05, 0) is 45.0 Å². The lowest BCUT2D eigenvalue weighted by molar-refractivity contribution is 0.0732. The highest BCUT2D eigenvalue weighted by Gasteiger charge is 2.27. The van der Waals surface area contributed by atoms with Crippen molar-refractivity contribution in [3.63, 3.8) is 0 Å². The van der Waals surface area contributed by atoms with E-state index in [1.54, 1.807) is 17.0 Å². The first-order chi connectivity index (χ1) is 8.48. The average Bonchev–Trinajstić information content (AvgIpc) is 2.49. The molecule has 1 heterocycles. The molecule has 3 nitrogen and oxygen atoms in total. The number of amides is 1. The third-order valence-corrected chi connectivity index (χ3v) is 3.15. The maximum absolute atomic E-state index is 13.1. The Bertz CT molecular complexity index is 445. The van der Waals surface area contributed by atoms with Crippen LogP contribution < -0.4 is 5.32 Å². The van der Waals surface area contributed by atoms with Crippen LogP contribution in [-0.4, -0.2) is 36.0 Å². The summed E-state index contributed by atoms with van der Waals surface area (Å²) >= 11 is 0. The van der Waals surface area contributed by atoms with E-state index in [-0.39, 0.29) is 17.3 Å². The first-order valence-corrected chi connectivity index (χ1v) is 6.28. The second-order valence-electron chi connectivity index (χ2n) is 5.40. The summed E-state index contributed by atoms with van der Waals surface area (Å²) in [5.74, 6) is -0.459. The third-order valence-electron chi connectivity index (χ3n) is 3.15. The zero-order valence-corrected chi connectivity index (χ0v) is 10.9. The van der Waals surface area contributed by atoms with Crippen LogP contribution in [0.1, 0.15) is 30.6 Å². The highest BCUT2D eigenvalue weighted by molar-refractivity contribution is 5.94. The normalized spacial score (nSPS) is 19.4. The second-order valence-corrected chi connectivity index (χ2v) is 5.40. The van der Waals surface area contributed by atoms with E-state index < -0.39 is 0 Å². The van der Waals surface area contributed by atoms with Gasteiger partial charge in [-0.25, -0.2) is 4.39 Å². The largest absolute Gasteiger partial charge is 0.337 e. The lowest BCUT2D eigenvalue weighted by atomic mass is 10.1. The molecule has 1 aliphatic rings. The van der Waals surface area contributed by atoms with Crippen LogP contribution >= 0.6 is 0 Å². The van der Waals surface area contributed by atoms with Gasteiger partial charge >= 0.3 is 0 Å². The van der Waals surface area contributed by atoms with Crippen molar-refractivity contribution in [1.82, 2.24) is 10.2 Å². The van der Waals surface area contributed by atoms with Crippen LogP contribution in [0.3, 0.4) is 0 Å². The predicted octanol–water partition coefficient (Wildman–Crippen LogP) is 2.04. The number of hydrogen-bond acceptors (Lipinski definition) is 2. The zero-order valence-electron chi connectivity index (χ0n) is 10.9. The third kappa shape index (κ3) is 3.07. The Labute approximate surface area is 107 Å². The van der Waals surface area contributed by atoms with Crippen LogP contribution in [0.2, 0.25) is 0 Å². The van der Waals surface area contributed by atoms with Crippen molar-refractivity contribution < 1.29 is 9.18 Å². The number of nitrogens with zero attached hydrogens (tertiary/aromatic N) is 1. The van der Waals surface area contributed by atoms with Crippen LogP contribution in [0.25, 0.3) is 0 Å². The molecule has 4 heteroatoms. The first kappa shape index (κ1) is 13.0. The van der Waals surface area contributed by atoms with Crippen molar-refractivity contribution in [2.24, 2.45) is 0 Å². The van der Waals surface area contributed by atoms with Gasteiger partial charge in [-0.1, -0.05) is 6.07 Å². The minimum Gasteiger partial charge on any atom is -0.337 e. The van der Waals surface area contributed by atoms with E-state index in [0.717, 1.165) is 13.0 Å². The maximum Gasteiger partial charge on any atom is 0.254 e. The number of hydrogen-bond donors (Lipinski definition) is 1. The van der Waals surface area contributed by atoms with Gasteiger partial charge in [-0.3, -0.25) is 4.79 Å². The standard InChI is InChI=1S/C14H19FN2O/c1-14(2)10-17(8-4-7-16-14)13(18)11-5-3-6-12(15)9-11/h3,5-6,9,16H,4,7-8,10H2,1-2H3. The summed E-state index contributed by atoms with van der Waals surface area (Å²) in [6.07, 6.45) is 0.921. The first-order valence-electron chi connectivity index (χ1n) is 6.28. The fourth-order valence-electron chi connectivity index (χ4n) is 2.29. The lowest BCUT2D eigenvalue weighted by Crippen LogP contribution is -2.47. The molecule has 0 radical (unpaired) electrons. The summed E-state index contributed by atoms with van der Waals surface area (Å²) < 4.78 is 13.1. The van der Waals surface area contributed by atoms with E-state index in [4.69, 9.17) is 0 Å². The molecule has 0 spiro atoms. The van der Waals surface area contributed by atoms with Gasteiger partial charge < -0.3 is 10.2 Å². The summed E-state index contributed by atoms with van der Waals surface area (Å²) in [5.41, 5.74) is 0.326. The topological polar surface area (TPSA) is 32.3 Å². The Hall–Kier alpha value is -1.42. The van der Waals surface area contributed by atoms with Crippen molar-refractivity contribution in [3.8, 4) is 0 Å². The molecule has 2 rings (SSSR count). The smallest absolute Gasteiger partial charge is 0.254 e. The minimum atomic E-state index is -0.368. The summed E-state index contributed by atoms with van der Waals surface area (Å²) in [4.78, 5) is 14.1. The molecule has 0 aliphatic carbocycles. The van der Waals surface area contributed by atoms with E-state index in [2.05, 4.69) is 19.2 Å². The quantitative estimate of drug-likeness (QED) is 0.827. The fourth-order valence-corrected chi connectivity index (χ4v) is 2.29. The lowest BCUT2D eigenvalue weighted by Gasteiger charge is -2.30. The summed E-state index contributed by atoms with van der Waals surface area (Å²) in [5, 5.41) is 3.40. The molecule has 0 aromatic heterocycles. The molecule has 1 aliphatic heterocycles. The van der Waals surface area contributed by atoms with Gasteiger partial charge in [0.05, 0.1) is 0 Å². The van der Waals surface area contributed by atoms with Crippen molar-refractivity contribution in [2.45, 2.75) is 25.8 Å². The van der Waals surface area contributed by atoms with Crippen molar-refractivity contribution in [2.75, 3.05) is 19.6 Å². The molecule has 18 heavy (non-hydrogen) atoms. The molecule has 0 unspecified atom stereocenters. The number of carbonyl (C=O) groups excluding carboxylic acids is 1. The molecule has 0 saturated carbocycles. The highest BCUT2D eigenvalue weighted by Crippen LogP contribution is 2.14. The molecule has 0 atom stereocenters. The molecule has 98 valence electrons. The number of halogens is 1. The van der Waals surface area contributed by atoms with Gasteiger partial charge in [-0.15, -0.1) is 0 Å². The summed E-state index contributed by atoms with van der Waals surface area (Å²) in [7, 11) is 0. The predicted molar refractivity (Wildman–Crippen MR) is 69.0 cm³/mol. The Morgan fingerprint density at radius 1 is 1.44 bits per heavy atom. The Morgan fingerprint density at radius 2 is 2.22 bits per heavy atom. The van der Waals surface area contributed by atoms with E-state index in [1.807, 2.05) is 0 Å². The van der Waals surface area contributed by atoms with Crippen LogP contribution in [0.5, 0.6) is 0 Å². The van der Waals surface area contributed by atoms with Crippen molar-refractivity contribution >= 4 is 5.91 Å². The Balaban J connectivity index is 2.17. The van der Waals surface area contributed by atoms with E-state index in [1.165, 1.54) is 12.1 Å². The van der Waals surface area contributed by atoms with Gasteiger partial charge in [-0.2, -0.15) is 0 Å². The number of nitrogens with one attached hydrogen (secondary N) is 1. The monoisotopic (exact) mass is 250 g/mol. The van der Waals surface area contributed by atoms with E-state index in [0.29, 0.717) is 18.7 Å². The Morgan fingerprint density at radius 3 is 2.94 bits per heavy atom. The van der Waals surface area contributed by atoms with E-state index >= 15 is 0 Å². The van der Waals surface area contributed by atoms with Crippen molar-refractivity contribution in [1.29, 1.82) is 0 Å². The summed E-state index contributed by atoms with van der Waals surface area (Å²) in [6.45, 7) is 6.41. The van der Waals surface area contributed by atoms with Gasteiger partial charge in [0.15, 0.2) is 0 Å². The van der Waals surface area contributed by atoms with Crippen LogP contribution in [-0.2, 0) is 0 Å². The molecular formula is C14H19FN2O. The number of carbonyl (C=O) groups is 1. The second kappa shape index (κ2) is 5.06. The maximum atomic E-state index is 13.1. The molecular weight excluding hydrogens is 231 g/mol. The van der Waals surface area contributed by atoms with Crippen LogP contribution in [0.4, 0.5) is 4.39 Å². The van der Waals surface area contributed by atoms with Gasteiger partial charge in [0.25, 0.3) is 5.91 Å². The molecule has 0 bridgehead atoms. The van der Waals surface area contributed by atoms with Crippen LogP contribution in [0, 0.1) is 5.82 Å². The molecule has 1 N–H and O–H groups in total.